The molecule has 0 saturated carbocycles. The van der Waals surface area contributed by atoms with Crippen LogP contribution in [0.1, 0.15) is 44.2 Å². The summed E-state index contributed by atoms with van der Waals surface area (Å²) in [7, 11) is 0. The molecule has 19 heavy (non-hydrogen) atoms. The Morgan fingerprint density at radius 3 is 2.58 bits per heavy atom. The summed E-state index contributed by atoms with van der Waals surface area (Å²) in [5.41, 5.74) is 7.19. The molecule has 1 saturated heterocycles. The highest BCUT2D eigenvalue weighted by Crippen LogP contribution is 2.41. The Hall–Kier alpha value is -0.860. The van der Waals surface area contributed by atoms with E-state index in [2.05, 4.69) is 50.8 Å². The minimum Gasteiger partial charge on any atom is -0.378 e. The molecule has 0 bridgehead atoms. The molecule has 1 aliphatic heterocycles. The van der Waals surface area contributed by atoms with Crippen LogP contribution in [0.4, 0.5) is 0 Å². The average molecular weight is 262 g/mol. The van der Waals surface area contributed by atoms with Gasteiger partial charge in [0.2, 0.25) is 0 Å². The third-order valence-electron chi connectivity index (χ3n) is 4.57. The van der Waals surface area contributed by atoms with Gasteiger partial charge >= 0.3 is 0 Å². The summed E-state index contributed by atoms with van der Waals surface area (Å²) in [5.74, 6) is 0.593. The van der Waals surface area contributed by atoms with Gasteiger partial charge in [0.25, 0.3) is 0 Å². The van der Waals surface area contributed by atoms with Crippen LogP contribution in [0.3, 0.4) is 0 Å². The van der Waals surface area contributed by atoms with E-state index in [4.69, 9.17) is 4.74 Å². The van der Waals surface area contributed by atoms with Gasteiger partial charge in [-0.15, -0.1) is 0 Å². The Morgan fingerprint density at radius 1 is 1.32 bits per heavy atom. The van der Waals surface area contributed by atoms with Crippen LogP contribution >= 0.6 is 0 Å². The fraction of sp³-hybridized carbons (Fsp3) is 0.647. The van der Waals surface area contributed by atoms with E-state index in [1.165, 1.54) is 17.5 Å². The monoisotopic (exact) mass is 262 g/mol. The van der Waals surface area contributed by atoms with Crippen LogP contribution in [0, 0.1) is 12.8 Å². The number of ether oxygens (including phenoxy) is 1. The van der Waals surface area contributed by atoms with Gasteiger partial charge in [0.1, 0.15) is 0 Å². The second kappa shape index (κ2) is 6.06. The van der Waals surface area contributed by atoms with Gasteiger partial charge in [0, 0.05) is 18.4 Å². The maximum Gasteiger partial charge on any atom is 0.0748 e. The molecule has 2 heteroatoms. The molecule has 0 spiro atoms. The van der Waals surface area contributed by atoms with Crippen molar-refractivity contribution in [1.29, 1.82) is 0 Å². The van der Waals surface area contributed by atoms with Gasteiger partial charge in [-0.05, 0) is 31.2 Å². The van der Waals surface area contributed by atoms with E-state index in [9.17, 15) is 0 Å². The molecule has 2 atom stereocenters. The summed E-state index contributed by atoms with van der Waals surface area (Å²) in [5, 5.41) is 0. The molecule has 0 aromatic heterocycles. The van der Waals surface area contributed by atoms with Crippen molar-refractivity contribution in [2.45, 2.75) is 51.6 Å². The first-order chi connectivity index (χ1) is 9.07. The molecule has 0 radical (unpaired) electrons. The van der Waals surface area contributed by atoms with Crippen LogP contribution in [0.25, 0.3) is 0 Å². The summed E-state index contributed by atoms with van der Waals surface area (Å²) in [6, 6.07) is 9.10. The topological polar surface area (TPSA) is 36.9 Å². The van der Waals surface area contributed by atoms with Crippen molar-refractivity contribution in [3.63, 3.8) is 0 Å². The van der Waals surface area contributed by atoms with Crippen molar-refractivity contribution in [2.24, 2.45) is 5.92 Å². The van der Waals surface area contributed by atoms with Crippen LogP contribution in [-0.2, 0) is 10.2 Å². The second-order valence-electron chi connectivity index (χ2n) is 6.36. The van der Waals surface area contributed by atoms with Crippen molar-refractivity contribution in [1.82, 2.24) is 0 Å². The Kier molecular flexibility index (Phi) is 4.64. The van der Waals surface area contributed by atoms with E-state index in [-0.39, 0.29) is 5.41 Å². The number of hydrogen-bond acceptors (Lipinski definition) is 1. The van der Waals surface area contributed by atoms with Gasteiger partial charge in [-0.25, -0.2) is 0 Å². The van der Waals surface area contributed by atoms with Gasteiger partial charge in [-0.3, -0.25) is 0 Å². The number of hydrogen-bond donors (Lipinski definition) is 1. The van der Waals surface area contributed by atoms with E-state index in [0.717, 1.165) is 26.0 Å². The van der Waals surface area contributed by atoms with Gasteiger partial charge in [0.15, 0.2) is 0 Å². The van der Waals surface area contributed by atoms with Crippen LogP contribution in [0.15, 0.2) is 24.3 Å². The smallest absolute Gasteiger partial charge is 0.0748 e. The lowest BCUT2D eigenvalue weighted by molar-refractivity contribution is -0.371. The van der Waals surface area contributed by atoms with E-state index in [0.29, 0.717) is 12.0 Å². The lowest BCUT2D eigenvalue weighted by Crippen LogP contribution is -2.54. The normalized spacial score (nSPS) is 27.7. The predicted molar refractivity (Wildman–Crippen MR) is 79.0 cm³/mol. The third-order valence-corrected chi connectivity index (χ3v) is 4.57. The van der Waals surface area contributed by atoms with Crippen molar-refractivity contribution >= 4 is 0 Å². The molecular formula is C17H28NO+. The van der Waals surface area contributed by atoms with Crippen molar-refractivity contribution in [3.8, 4) is 0 Å². The highest BCUT2D eigenvalue weighted by molar-refractivity contribution is 5.29. The zero-order chi connectivity index (χ0) is 13.9. The number of benzene rings is 1. The second-order valence-corrected chi connectivity index (χ2v) is 6.36. The molecular weight excluding hydrogens is 234 g/mol. The fourth-order valence-corrected chi connectivity index (χ4v) is 3.26. The summed E-state index contributed by atoms with van der Waals surface area (Å²) < 4.78 is 5.97. The molecule has 0 unspecified atom stereocenters. The van der Waals surface area contributed by atoms with Crippen molar-refractivity contribution < 1.29 is 10.5 Å². The molecule has 0 aliphatic carbocycles. The number of quaternary nitrogens is 1. The lowest BCUT2D eigenvalue weighted by atomic mass is 9.68. The Bertz CT molecular complexity index is 394. The Morgan fingerprint density at radius 2 is 2.00 bits per heavy atom. The maximum absolute atomic E-state index is 5.97. The molecule has 2 rings (SSSR count). The molecule has 1 aromatic carbocycles. The first kappa shape index (κ1) is 14.5. The summed E-state index contributed by atoms with van der Waals surface area (Å²) in [6.45, 7) is 8.56. The standard InChI is InChI=1S/C17H27NO/c1-13(2)16-12-17(8-10-18,9-11-19-16)15-6-4-14(3)5-7-15/h4-7,13,16H,8-12,18H2,1-3H3/p+1/t16-,17+/m1/s1. The van der Waals surface area contributed by atoms with Gasteiger partial charge in [0.05, 0.1) is 12.6 Å². The molecule has 2 nitrogen and oxygen atoms in total. The average Bonchev–Trinajstić information content (AvgIpc) is 2.40. The Balaban J connectivity index is 2.28. The molecule has 106 valence electrons. The molecule has 0 amide bonds. The van der Waals surface area contributed by atoms with Crippen LogP contribution in [0.2, 0.25) is 0 Å². The quantitative estimate of drug-likeness (QED) is 0.890. The van der Waals surface area contributed by atoms with E-state index < -0.39 is 0 Å². The van der Waals surface area contributed by atoms with Crippen molar-refractivity contribution in [3.05, 3.63) is 35.4 Å². The van der Waals surface area contributed by atoms with Gasteiger partial charge in [-0.1, -0.05) is 43.7 Å². The largest absolute Gasteiger partial charge is 0.378 e. The molecule has 1 aliphatic rings. The van der Waals surface area contributed by atoms with Crippen molar-refractivity contribution in [2.75, 3.05) is 13.2 Å². The van der Waals surface area contributed by atoms with Gasteiger partial charge < -0.3 is 10.5 Å². The fourth-order valence-electron chi connectivity index (χ4n) is 3.26. The van der Waals surface area contributed by atoms with Crippen LogP contribution in [-0.4, -0.2) is 19.3 Å². The predicted octanol–water partition coefficient (Wildman–Crippen LogP) is 2.70. The van der Waals surface area contributed by atoms with E-state index in [1.807, 2.05) is 0 Å². The summed E-state index contributed by atoms with van der Waals surface area (Å²) >= 11 is 0. The zero-order valence-corrected chi connectivity index (χ0v) is 12.6. The SMILES string of the molecule is Cc1ccc([C@@]2(CC[NH3+])CCO[C@@H](C(C)C)C2)cc1. The molecule has 1 aromatic rings. The summed E-state index contributed by atoms with van der Waals surface area (Å²) in [4.78, 5) is 0. The lowest BCUT2D eigenvalue weighted by Gasteiger charge is -2.42. The van der Waals surface area contributed by atoms with Crippen LogP contribution < -0.4 is 5.73 Å². The minimum absolute atomic E-state index is 0.280. The van der Waals surface area contributed by atoms with Crippen LogP contribution in [0.5, 0.6) is 0 Å². The molecule has 1 heterocycles. The molecule has 1 fully saturated rings. The highest BCUT2D eigenvalue weighted by atomic mass is 16.5. The minimum atomic E-state index is 0.280. The number of aryl methyl sites for hydroxylation is 1. The first-order valence-corrected chi connectivity index (χ1v) is 7.55. The maximum atomic E-state index is 5.97. The third kappa shape index (κ3) is 3.18. The van der Waals surface area contributed by atoms with E-state index in [1.54, 1.807) is 0 Å². The summed E-state index contributed by atoms with van der Waals surface area (Å²) in [6.07, 6.45) is 3.84. The number of rotatable bonds is 4. The van der Waals surface area contributed by atoms with Gasteiger partial charge in [-0.2, -0.15) is 0 Å². The first-order valence-electron chi connectivity index (χ1n) is 7.55. The Labute approximate surface area is 117 Å². The zero-order valence-electron chi connectivity index (χ0n) is 12.6. The highest BCUT2D eigenvalue weighted by Gasteiger charge is 2.39. The van der Waals surface area contributed by atoms with E-state index >= 15 is 0 Å². The molecule has 3 N–H and O–H groups in total.